The minimum Gasteiger partial charge on any atom is -0.493 e. The van der Waals surface area contributed by atoms with Crippen LogP contribution in [0.15, 0.2) is 18.2 Å². The third kappa shape index (κ3) is 3.73. The van der Waals surface area contributed by atoms with Crippen molar-refractivity contribution in [1.29, 1.82) is 0 Å². The summed E-state index contributed by atoms with van der Waals surface area (Å²) in [6.45, 7) is 5.11. The number of benzene rings is 1. The maximum atomic E-state index is 10.6. The van der Waals surface area contributed by atoms with Crippen molar-refractivity contribution < 1.29 is 9.84 Å². The molecule has 106 valence electrons. The quantitative estimate of drug-likeness (QED) is 0.808. The standard InChI is InChI=1S/C17H26O2/c1-3-9-17(18,10-4-2)11-7-14-5-6-16-15(13-14)8-12-19-16/h5-6,13,18H,3-4,7-12H2,1-2H3. The summed E-state index contributed by atoms with van der Waals surface area (Å²) < 4.78 is 5.53. The Kier molecular flexibility index (Phi) is 4.87. The zero-order chi connectivity index (χ0) is 13.7. The second kappa shape index (κ2) is 6.42. The average Bonchev–Trinajstić information content (AvgIpc) is 2.84. The van der Waals surface area contributed by atoms with Gasteiger partial charge >= 0.3 is 0 Å². The van der Waals surface area contributed by atoms with Crippen molar-refractivity contribution in [2.24, 2.45) is 0 Å². The summed E-state index contributed by atoms with van der Waals surface area (Å²) in [5.41, 5.74) is 2.18. The van der Waals surface area contributed by atoms with Crippen molar-refractivity contribution in [3.05, 3.63) is 29.3 Å². The van der Waals surface area contributed by atoms with Crippen molar-refractivity contribution in [3.63, 3.8) is 0 Å². The van der Waals surface area contributed by atoms with Gasteiger partial charge in [0.25, 0.3) is 0 Å². The van der Waals surface area contributed by atoms with E-state index in [1.54, 1.807) is 0 Å². The van der Waals surface area contributed by atoms with Crippen LogP contribution in [0.1, 0.15) is 57.1 Å². The van der Waals surface area contributed by atoms with Crippen LogP contribution in [0.4, 0.5) is 0 Å². The van der Waals surface area contributed by atoms with Gasteiger partial charge in [-0.25, -0.2) is 0 Å². The van der Waals surface area contributed by atoms with Crippen LogP contribution in [0.3, 0.4) is 0 Å². The molecule has 0 fully saturated rings. The molecule has 1 aromatic carbocycles. The van der Waals surface area contributed by atoms with Crippen molar-refractivity contribution in [2.75, 3.05) is 6.61 Å². The molecule has 0 aliphatic carbocycles. The van der Waals surface area contributed by atoms with Crippen molar-refractivity contribution in [3.8, 4) is 5.75 Å². The van der Waals surface area contributed by atoms with Crippen LogP contribution in [-0.4, -0.2) is 17.3 Å². The Morgan fingerprint density at radius 3 is 2.58 bits per heavy atom. The molecule has 0 aromatic heterocycles. The lowest BCUT2D eigenvalue weighted by molar-refractivity contribution is 0.0132. The van der Waals surface area contributed by atoms with Gasteiger partial charge in [-0.05, 0) is 42.9 Å². The van der Waals surface area contributed by atoms with Gasteiger partial charge in [-0.2, -0.15) is 0 Å². The number of hydrogen-bond acceptors (Lipinski definition) is 2. The van der Waals surface area contributed by atoms with Crippen LogP contribution < -0.4 is 4.74 Å². The molecule has 1 heterocycles. The molecule has 0 amide bonds. The first-order valence-corrected chi connectivity index (χ1v) is 7.64. The van der Waals surface area contributed by atoms with Crippen LogP contribution >= 0.6 is 0 Å². The molecule has 1 aliphatic heterocycles. The molecule has 0 spiro atoms. The van der Waals surface area contributed by atoms with E-state index in [-0.39, 0.29) is 0 Å². The highest BCUT2D eigenvalue weighted by Gasteiger charge is 2.24. The van der Waals surface area contributed by atoms with Gasteiger partial charge in [0.1, 0.15) is 5.75 Å². The molecule has 0 saturated heterocycles. The zero-order valence-electron chi connectivity index (χ0n) is 12.2. The molecule has 1 aliphatic rings. The fraction of sp³-hybridized carbons (Fsp3) is 0.647. The minimum atomic E-state index is -0.473. The van der Waals surface area contributed by atoms with Gasteiger partial charge in [-0.1, -0.05) is 38.8 Å². The summed E-state index contributed by atoms with van der Waals surface area (Å²) in [6, 6.07) is 6.47. The fourth-order valence-corrected chi connectivity index (χ4v) is 3.08. The molecular weight excluding hydrogens is 236 g/mol. The Morgan fingerprint density at radius 2 is 1.89 bits per heavy atom. The van der Waals surface area contributed by atoms with E-state index in [0.717, 1.165) is 57.3 Å². The fourth-order valence-electron chi connectivity index (χ4n) is 3.08. The van der Waals surface area contributed by atoms with Gasteiger partial charge in [-0.3, -0.25) is 0 Å². The molecule has 1 aromatic rings. The predicted octanol–water partition coefficient (Wildman–Crippen LogP) is 3.89. The van der Waals surface area contributed by atoms with E-state index in [9.17, 15) is 5.11 Å². The van der Waals surface area contributed by atoms with E-state index in [1.807, 2.05) is 0 Å². The highest BCUT2D eigenvalue weighted by Crippen LogP contribution is 2.29. The largest absolute Gasteiger partial charge is 0.493 e. The van der Waals surface area contributed by atoms with Crippen LogP contribution in [0.5, 0.6) is 5.75 Å². The highest BCUT2D eigenvalue weighted by atomic mass is 16.5. The van der Waals surface area contributed by atoms with E-state index >= 15 is 0 Å². The molecule has 2 nitrogen and oxygen atoms in total. The number of aryl methyl sites for hydroxylation is 1. The van der Waals surface area contributed by atoms with Gasteiger partial charge < -0.3 is 9.84 Å². The normalized spacial score (nSPS) is 14.3. The zero-order valence-corrected chi connectivity index (χ0v) is 12.2. The molecule has 0 bridgehead atoms. The SMILES string of the molecule is CCCC(O)(CCC)CCc1ccc2c(c1)CCO2. The minimum absolute atomic E-state index is 0.473. The smallest absolute Gasteiger partial charge is 0.122 e. The highest BCUT2D eigenvalue weighted by molar-refractivity contribution is 5.39. The average molecular weight is 262 g/mol. The van der Waals surface area contributed by atoms with E-state index in [2.05, 4.69) is 32.0 Å². The first-order valence-electron chi connectivity index (χ1n) is 7.64. The van der Waals surface area contributed by atoms with Crippen LogP contribution in [-0.2, 0) is 12.8 Å². The van der Waals surface area contributed by atoms with Gasteiger partial charge in [0.2, 0.25) is 0 Å². The number of aliphatic hydroxyl groups is 1. The second-order valence-corrected chi connectivity index (χ2v) is 5.76. The van der Waals surface area contributed by atoms with Crippen LogP contribution in [0, 0.1) is 0 Å². The first kappa shape index (κ1) is 14.4. The number of rotatable bonds is 7. The molecule has 19 heavy (non-hydrogen) atoms. The van der Waals surface area contributed by atoms with Crippen molar-refractivity contribution in [2.45, 2.75) is 64.4 Å². The lowest BCUT2D eigenvalue weighted by atomic mass is 9.86. The summed E-state index contributed by atoms with van der Waals surface area (Å²) in [6.07, 6.45) is 6.78. The Labute approximate surface area is 116 Å². The third-order valence-electron chi connectivity index (χ3n) is 4.06. The van der Waals surface area contributed by atoms with Crippen LogP contribution in [0.25, 0.3) is 0 Å². The Balaban J connectivity index is 1.97. The lowest BCUT2D eigenvalue weighted by Gasteiger charge is -2.27. The third-order valence-corrected chi connectivity index (χ3v) is 4.06. The summed E-state index contributed by atoms with van der Waals surface area (Å²) in [4.78, 5) is 0. The summed E-state index contributed by atoms with van der Waals surface area (Å²) in [5.74, 6) is 1.04. The molecule has 0 radical (unpaired) electrons. The van der Waals surface area contributed by atoms with Gasteiger partial charge in [0, 0.05) is 6.42 Å². The van der Waals surface area contributed by atoms with E-state index in [0.29, 0.717) is 0 Å². The maximum Gasteiger partial charge on any atom is 0.122 e. The molecular formula is C17H26O2. The van der Waals surface area contributed by atoms with Crippen LogP contribution in [0.2, 0.25) is 0 Å². The summed E-state index contributed by atoms with van der Waals surface area (Å²) in [7, 11) is 0. The van der Waals surface area contributed by atoms with E-state index in [1.165, 1.54) is 11.1 Å². The summed E-state index contributed by atoms with van der Waals surface area (Å²) >= 11 is 0. The number of fused-ring (bicyclic) bond motifs is 1. The molecule has 1 N–H and O–H groups in total. The van der Waals surface area contributed by atoms with E-state index in [4.69, 9.17) is 4.74 Å². The van der Waals surface area contributed by atoms with Crippen molar-refractivity contribution >= 4 is 0 Å². The van der Waals surface area contributed by atoms with Crippen molar-refractivity contribution in [1.82, 2.24) is 0 Å². The molecule has 0 unspecified atom stereocenters. The number of ether oxygens (including phenoxy) is 1. The Hall–Kier alpha value is -1.02. The molecule has 0 saturated carbocycles. The van der Waals surface area contributed by atoms with E-state index < -0.39 is 5.60 Å². The van der Waals surface area contributed by atoms with Gasteiger partial charge in [0.05, 0.1) is 12.2 Å². The maximum absolute atomic E-state index is 10.6. The number of hydrogen-bond donors (Lipinski definition) is 1. The first-order chi connectivity index (χ1) is 9.17. The lowest BCUT2D eigenvalue weighted by Crippen LogP contribution is -2.28. The monoisotopic (exact) mass is 262 g/mol. The Morgan fingerprint density at radius 1 is 1.16 bits per heavy atom. The summed E-state index contributed by atoms with van der Waals surface area (Å²) in [5, 5.41) is 10.6. The predicted molar refractivity (Wildman–Crippen MR) is 78.7 cm³/mol. The molecule has 0 atom stereocenters. The molecule has 2 heteroatoms. The van der Waals surface area contributed by atoms with Gasteiger partial charge in [0.15, 0.2) is 0 Å². The van der Waals surface area contributed by atoms with Gasteiger partial charge in [-0.15, -0.1) is 0 Å². The molecule has 2 rings (SSSR count). The topological polar surface area (TPSA) is 29.5 Å². The second-order valence-electron chi connectivity index (χ2n) is 5.76. The Bertz CT molecular complexity index is 406.